The van der Waals surface area contributed by atoms with Crippen molar-refractivity contribution in [3.63, 3.8) is 0 Å². The molecule has 0 aliphatic carbocycles. The van der Waals surface area contributed by atoms with Gasteiger partial charge >= 0.3 is 11.9 Å². The Morgan fingerprint density at radius 3 is 2.68 bits per heavy atom. The van der Waals surface area contributed by atoms with Gasteiger partial charge in [0, 0.05) is 12.5 Å². The third-order valence-corrected chi connectivity index (χ3v) is 2.19. The smallest absolute Gasteiger partial charge is 0.407 e. The van der Waals surface area contributed by atoms with Gasteiger partial charge in [-0.3, -0.25) is 0 Å². The van der Waals surface area contributed by atoms with E-state index >= 15 is 0 Å². The van der Waals surface area contributed by atoms with Crippen molar-refractivity contribution in [1.29, 1.82) is 0 Å². The van der Waals surface area contributed by atoms with E-state index < -0.39 is 11.0 Å². The highest BCUT2D eigenvalue weighted by Gasteiger charge is 2.16. The van der Waals surface area contributed by atoms with Crippen LogP contribution in [0.3, 0.4) is 0 Å². The first-order valence-electron chi connectivity index (χ1n) is 5.82. The molecule has 1 amide bonds. The summed E-state index contributed by atoms with van der Waals surface area (Å²) in [6.07, 6.45) is 0.806. The highest BCUT2D eigenvalue weighted by Crippen LogP contribution is 2.10. The maximum atomic E-state index is 11.4. The zero-order valence-electron chi connectivity index (χ0n) is 11.5. The van der Waals surface area contributed by atoms with Gasteiger partial charge in [0.15, 0.2) is 0 Å². The zero-order chi connectivity index (χ0) is 14.6. The SMILES string of the molecule is Cc1nc([N+](=O)[O-])cn1CCOC(=O)NC(C)(C)C. The molecule has 1 rings (SSSR count). The summed E-state index contributed by atoms with van der Waals surface area (Å²) in [7, 11) is 0. The van der Waals surface area contributed by atoms with Gasteiger partial charge in [0.05, 0.1) is 6.54 Å². The summed E-state index contributed by atoms with van der Waals surface area (Å²) in [6.45, 7) is 7.63. The van der Waals surface area contributed by atoms with E-state index in [1.807, 2.05) is 20.8 Å². The number of hydrogen-bond acceptors (Lipinski definition) is 5. The molecule has 0 aromatic carbocycles. The molecule has 0 aliphatic rings. The molecule has 0 atom stereocenters. The summed E-state index contributed by atoms with van der Waals surface area (Å²) in [6, 6.07) is 0. The molecule has 19 heavy (non-hydrogen) atoms. The molecule has 0 unspecified atom stereocenters. The van der Waals surface area contributed by atoms with Crippen LogP contribution in [0.5, 0.6) is 0 Å². The third-order valence-electron chi connectivity index (χ3n) is 2.19. The second-order valence-electron chi connectivity index (χ2n) is 5.11. The third kappa shape index (κ3) is 4.94. The van der Waals surface area contributed by atoms with E-state index in [1.165, 1.54) is 6.20 Å². The van der Waals surface area contributed by atoms with Gasteiger partial charge in [0.1, 0.15) is 12.8 Å². The van der Waals surface area contributed by atoms with Crippen molar-refractivity contribution < 1.29 is 14.5 Å². The second kappa shape index (κ2) is 5.68. The van der Waals surface area contributed by atoms with E-state index in [0.717, 1.165) is 0 Å². The molecule has 0 bridgehead atoms. The minimum atomic E-state index is -0.559. The summed E-state index contributed by atoms with van der Waals surface area (Å²) in [5, 5.41) is 13.2. The summed E-state index contributed by atoms with van der Waals surface area (Å²) < 4.78 is 6.55. The zero-order valence-corrected chi connectivity index (χ0v) is 11.5. The molecule has 0 saturated heterocycles. The summed E-state index contributed by atoms with van der Waals surface area (Å²) in [5.74, 6) is 0.295. The van der Waals surface area contributed by atoms with Gasteiger partial charge in [-0.25, -0.2) is 4.79 Å². The maximum absolute atomic E-state index is 11.4. The number of carbonyl (C=O) groups is 1. The van der Waals surface area contributed by atoms with Crippen molar-refractivity contribution in [3.05, 3.63) is 22.1 Å². The predicted octanol–water partition coefficient (Wildman–Crippen LogP) is 1.62. The standard InChI is InChI=1S/C11H18N4O4/c1-8-12-9(15(17)18)7-14(8)5-6-19-10(16)13-11(2,3)4/h7H,5-6H2,1-4H3,(H,13,16). The van der Waals surface area contributed by atoms with E-state index in [-0.39, 0.29) is 18.0 Å². The predicted molar refractivity (Wildman–Crippen MR) is 67.9 cm³/mol. The van der Waals surface area contributed by atoms with Gasteiger partial charge in [0.25, 0.3) is 0 Å². The molecule has 0 saturated carbocycles. The van der Waals surface area contributed by atoms with Crippen LogP contribution in [0.1, 0.15) is 26.6 Å². The Morgan fingerprint density at radius 2 is 2.21 bits per heavy atom. The fourth-order valence-electron chi connectivity index (χ4n) is 1.38. The van der Waals surface area contributed by atoms with E-state index in [0.29, 0.717) is 12.4 Å². The molecule has 8 nitrogen and oxygen atoms in total. The van der Waals surface area contributed by atoms with Crippen molar-refractivity contribution in [2.45, 2.75) is 39.8 Å². The first-order valence-corrected chi connectivity index (χ1v) is 5.82. The normalized spacial score (nSPS) is 11.2. The molecule has 0 radical (unpaired) electrons. The maximum Gasteiger partial charge on any atom is 0.407 e. The highest BCUT2D eigenvalue weighted by atomic mass is 16.6. The van der Waals surface area contributed by atoms with Gasteiger partial charge in [-0.1, -0.05) is 0 Å². The lowest BCUT2D eigenvalue weighted by Gasteiger charge is -2.19. The number of nitro groups is 1. The molecular weight excluding hydrogens is 252 g/mol. The summed E-state index contributed by atoms with van der Waals surface area (Å²) in [4.78, 5) is 25.1. The first-order chi connectivity index (χ1) is 8.69. The van der Waals surface area contributed by atoms with Crippen LogP contribution >= 0.6 is 0 Å². The van der Waals surface area contributed by atoms with Crippen LogP contribution in [0.25, 0.3) is 0 Å². The van der Waals surface area contributed by atoms with Crippen LogP contribution in [0.15, 0.2) is 6.20 Å². The Morgan fingerprint density at radius 1 is 1.58 bits per heavy atom. The fourth-order valence-corrected chi connectivity index (χ4v) is 1.38. The molecule has 1 aromatic rings. The number of alkyl carbamates (subject to hydrolysis) is 1. The van der Waals surface area contributed by atoms with Gasteiger partial charge in [-0.15, -0.1) is 0 Å². The summed E-state index contributed by atoms with van der Waals surface area (Å²) >= 11 is 0. The summed E-state index contributed by atoms with van der Waals surface area (Å²) in [5.41, 5.74) is -0.360. The topological polar surface area (TPSA) is 99.3 Å². The highest BCUT2D eigenvalue weighted by molar-refractivity contribution is 5.67. The molecule has 8 heteroatoms. The van der Waals surface area contributed by atoms with Gasteiger partial charge < -0.3 is 24.7 Å². The van der Waals surface area contributed by atoms with Gasteiger partial charge in [0.2, 0.25) is 5.82 Å². The number of amides is 1. The second-order valence-corrected chi connectivity index (χ2v) is 5.11. The Balaban J connectivity index is 2.45. The molecule has 0 aliphatic heterocycles. The molecule has 106 valence electrons. The number of rotatable bonds is 4. The lowest BCUT2D eigenvalue weighted by molar-refractivity contribution is -0.389. The van der Waals surface area contributed by atoms with Crippen molar-refractivity contribution in [2.75, 3.05) is 6.61 Å². The Hall–Kier alpha value is -2.12. The first kappa shape index (κ1) is 14.9. The van der Waals surface area contributed by atoms with Gasteiger partial charge in [-0.2, -0.15) is 0 Å². The van der Waals surface area contributed by atoms with Crippen molar-refractivity contribution in [3.8, 4) is 0 Å². The van der Waals surface area contributed by atoms with Crippen LogP contribution < -0.4 is 5.32 Å². The number of aromatic nitrogens is 2. The molecule has 0 spiro atoms. The van der Waals surface area contributed by atoms with Crippen molar-refractivity contribution in [2.24, 2.45) is 0 Å². The van der Waals surface area contributed by atoms with Crippen LogP contribution in [-0.2, 0) is 11.3 Å². The number of hydrogen-bond donors (Lipinski definition) is 1. The number of carbonyl (C=O) groups excluding carboxylic acids is 1. The van der Waals surface area contributed by atoms with Crippen molar-refractivity contribution in [1.82, 2.24) is 14.9 Å². The molecule has 0 fully saturated rings. The lowest BCUT2D eigenvalue weighted by Crippen LogP contribution is -2.41. The Bertz CT molecular complexity index is 476. The number of nitrogens with one attached hydrogen (secondary N) is 1. The molecule has 1 aromatic heterocycles. The lowest BCUT2D eigenvalue weighted by atomic mass is 10.1. The van der Waals surface area contributed by atoms with Crippen LogP contribution in [0, 0.1) is 17.0 Å². The largest absolute Gasteiger partial charge is 0.448 e. The number of nitrogens with zero attached hydrogens (tertiary/aromatic N) is 3. The van der Waals surface area contributed by atoms with Crippen LogP contribution in [-0.4, -0.2) is 32.7 Å². The quantitative estimate of drug-likeness (QED) is 0.662. The minimum Gasteiger partial charge on any atom is -0.448 e. The van der Waals surface area contributed by atoms with Crippen molar-refractivity contribution >= 4 is 11.9 Å². The average Bonchev–Trinajstić information content (AvgIpc) is 2.58. The molecule has 1 heterocycles. The van der Waals surface area contributed by atoms with E-state index in [4.69, 9.17) is 4.74 Å². The van der Waals surface area contributed by atoms with E-state index in [2.05, 4.69) is 10.3 Å². The monoisotopic (exact) mass is 270 g/mol. The fraction of sp³-hybridized carbons (Fsp3) is 0.636. The Labute approximate surface area is 110 Å². The van der Waals surface area contributed by atoms with E-state index in [1.54, 1.807) is 11.5 Å². The average molecular weight is 270 g/mol. The minimum absolute atomic E-state index is 0.121. The van der Waals surface area contributed by atoms with E-state index in [9.17, 15) is 14.9 Å². The van der Waals surface area contributed by atoms with Crippen LogP contribution in [0.2, 0.25) is 0 Å². The molecule has 1 N–H and O–H groups in total. The van der Waals surface area contributed by atoms with Crippen LogP contribution in [0.4, 0.5) is 10.6 Å². The molecular formula is C11H18N4O4. The number of aryl methyl sites for hydroxylation is 1. The number of imidazole rings is 1. The van der Waals surface area contributed by atoms with Gasteiger partial charge in [-0.05, 0) is 30.7 Å². The number of ether oxygens (including phenoxy) is 1. The Kier molecular flexibility index (Phi) is 4.47.